The Bertz CT molecular complexity index is 715. The lowest BCUT2D eigenvalue weighted by Crippen LogP contribution is -2.17. The van der Waals surface area contributed by atoms with Crippen LogP contribution in [-0.4, -0.2) is 19.0 Å². The van der Waals surface area contributed by atoms with Crippen LogP contribution in [0, 0.1) is 0 Å². The van der Waals surface area contributed by atoms with Gasteiger partial charge in [-0.3, -0.25) is 4.79 Å². The molecular weight excluding hydrogens is 272 g/mol. The lowest BCUT2D eigenvalue weighted by Gasteiger charge is -2.25. The smallest absolute Gasteiger partial charge is 0.169 e. The molecule has 1 aromatic heterocycles. The molecule has 20 heavy (non-hydrogen) atoms. The van der Waals surface area contributed by atoms with Crippen molar-refractivity contribution in [2.24, 2.45) is 0 Å². The van der Waals surface area contributed by atoms with Crippen LogP contribution in [0.3, 0.4) is 0 Å². The predicted octanol–water partition coefficient (Wildman–Crippen LogP) is 3.49. The van der Waals surface area contributed by atoms with E-state index in [2.05, 4.69) is 6.07 Å². The summed E-state index contributed by atoms with van der Waals surface area (Å²) in [6.07, 6.45) is 1.91. The second kappa shape index (κ2) is 4.35. The molecule has 102 valence electrons. The van der Waals surface area contributed by atoms with Gasteiger partial charge in [0, 0.05) is 10.4 Å². The second-order valence-corrected chi connectivity index (χ2v) is 6.19. The van der Waals surface area contributed by atoms with Gasteiger partial charge in [-0.25, -0.2) is 0 Å². The molecule has 0 spiro atoms. The summed E-state index contributed by atoms with van der Waals surface area (Å²) in [5, 5.41) is 0. The van der Waals surface area contributed by atoms with Crippen molar-refractivity contribution in [1.29, 1.82) is 0 Å². The van der Waals surface area contributed by atoms with Crippen molar-refractivity contribution >= 4 is 17.1 Å². The van der Waals surface area contributed by atoms with Crippen molar-refractivity contribution in [2.45, 2.75) is 19.8 Å². The van der Waals surface area contributed by atoms with E-state index in [9.17, 15) is 4.79 Å². The average molecular weight is 286 g/mol. The van der Waals surface area contributed by atoms with Crippen LogP contribution < -0.4 is 9.47 Å². The molecular formula is C16H14O3S. The normalized spacial score (nSPS) is 15.4. The number of hydrogen-bond donors (Lipinski definition) is 0. The van der Waals surface area contributed by atoms with Crippen LogP contribution >= 0.6 is 11.3 Å². The van der Waals surface area contributed by atoms with Crippen molar-refractivity contribution in [3.8, 4) is 21.9 Å². The maximum Gasteiger partial charge on any atom is 0.169 e. The van der Waals surface area contributed by atoms with E-state index < -0.39 is 0 Å². The summed E-state index contributed by atoms with van der Waals surface area (Å²) in [5.74, 6) is 1.89. The molecule has 0 N–H and O–H groups in total. The molecule has 0 bridgehead atoms. The number of fused-ring (bicyclic) bond motifs is 5. The van der Waals surface area contributed by atoms with E-state index in [-0.39, 0.29) is 5.78 Å². The molecule has 2 aliphatic rings. The molecule has 4 rings (SSSR count). The molecule has 0 amide bonds. The summed E-state index contributed by atoms with van der Waals surface area (Å²) in [6, 6.07) is 6.12. The fourth-order valence-electron chi connectivity index (χ4n) is 2.91. The maximum absolute atomic E-state index is 11.6. The summed E-state index contributed by atoms with van der Waals surface area (Å²) in [5.41, 5.74) is 3.71. The fourth-order valence-corrected chi connectivity index (χ4v) is 4.07. The molecule has 0 saturated heterocycles. The first-order valence-corrected chi connectivity index (χ1v) is 7.61. The van der Waals surface area contributed by atoms with Gasteiger partial charge in [0.15, 0.2) is 17.3 Å². The first-order valence-electron chi connectivity index (χ1n) is 6.79. The third-order valence-electron chi connectivity index (χ3n) is 3.86. The number of ether oxygens (including phenoxy) is 2. The van der Waals surface area contributed by atoms with Crippen LogP contribution in [0.25, 0.3) is 10.4 Å². The Morgan fingerprint density at radius 1 is 1.20 bits per heavy atom. The lowest BCUT2D eigenvalue weighted by atomic mass is 9.90. The summed E-state index contributed by atoms with van der Waals surface area (Å²) in [4.78, 5) is 13.6. The molecule has 1 aliphatic heterocycles. The standard InChI is InChI=1S/C16H14O3S/c1-9(17)14-8-10-2-3-11-12(16(10)20-14)4-5-13-15(11)19-7-6-18-13/h4-5,8H,2-3,6-7H2,1H3. The minimum atomic E-state index is 0.142. The van der Waals surface area contributed by atoms with Gasteiger partial charge in [-0.2, -0.15) is 0 Å². The number of Topliss-reactive ketones (excluding diaryl/α,β-unsaturated/α-hetero) is 1. The highest BCUT2D eigenvalue weighted by Gasteiger charge is 2.26. The van der Waals surface area contributed by atoms with Crippen molar-refractivity contribution in [2.75, 3.05) is 13.2 Å². The first kappa shape index (κ1) is 12.0. The molecule has 1 aromatic carbocycles. The highest BCUT2D eigenvalue weighted by molar-refractivity contribution is 7.17. The summed E-state index contributed by atoms with van der Waals surface area (Å²) in [6.45, 7) is 2.85. The molecule has 2 aromatic rings. The van der Waals surface area contributed by atoms with Crippen LogP contribution in [-0.2, 0) is 12.8 Å². The van der Waals surface area contributed by atoms with Gasteiger partial charge in [-0.15, -0.1) is 11.3 Å². The van der Waals surface area contributed by atoms with Crippen LogP contribution in [0.2, 0.25) is 0 Å². The number of hydrogen-bond acceptors (Lipinski definition) is 4. The Morgan fingerprint density at radius 2 is 2.05 bits per heavy atom. The quantitative estimate of drug-likeness (QED) is 0.753. The summed E-state index contributed by atoms with van der Waals surface area (Å²) >= 11 is 1.59. The molecule has 0 saturated carbocycles. The molecule has 0 atom stereocenters. The molecule has 0 unspecified atom stereocenters. The van der Waals surface area contributed by atoms with Crippen molar-refractivity contribution in [3.05, 3.63) is 34.2 Å². The van der Waals surface area contributed by atoms with Gasteiger partial charge in [0.2, 0.25) is 0 Å². The third kappa shape index (κ3) is 1.68. The van der Waals surface area contributed by atoms with Crippen LogP contribution in [0.4, 0.5) is 0 Å². The molecule has 1 aliphatic carbocycles. The number of rotatable bonds is 1. The SMILES string of the molecule is CC(=O)c1cc2c(s1)-c1ccc3c(c1CC2)OCCO3. The predicted molar refractivity (Wildman–Crippen MR) is 78.2 cm³/mol. The zero-order valence-electron chi connectivity index (χ0n) is 11.2. The van der Waals surface area contributed by atoms with Gasteiger partial charge in [-0.05, 0) is 49.1 Å². The number of benzene rings is 1. The van der Waals surface area contributed by atoms with E-state index in [1.54, 1.807) is 18.3 Å². The van der Waals surface area contributed by atoms with E-state index in [0.29, 0.717) is 13.2 Å². The topological polar surface area (TPSA) is 35.5 Å². The minimum absolute atomic E-state index is 0.142. The van der Waals surface area contributed by atoms with E-state index in [0.717, 1.165) is 29.2 Å². The van der Waals surface area contributed by atoms with Gasteiger partial charge in [-0.1, -0.05) is 0 Å². The van der Waals surface area contributed by atoms with Gasteiger partial charge < -0.3 is 9.47 Å². The summed E-state index contributed by atoms with van der Waals surface area (Å²) in [7, 11) is 0. The third-order valence-corrected chi connectivity index (χ3v) is 5.17. The molecule has 0 fully saturated rings. The Hall–Kier alpha value is -1.81. The average Bonchev–Trinajstić information content (AvgIpc) is 2.91. The molecule has 4 heteroatoms. The van der Waals surface area contributed by atoms with E-state index in [4.69, 9.17) is 9.47 Å². The molecule has 3 nitrogen and oxygen atoms in total. The number of carbonyl (C=O) groups is 1. The number of thiophene rings is 1. The zero-order chi connectivity index (χ0) is 13.7. The maximum atomic E-state index is 11.6. The number of ketones is 1. The van der Waals surface area contributed by atoms with Crippen molar-refractivity contribution in [3.63, 3.8) is 0 Å². The van der Waals surface area contributed by atoms with Crippen molar-refractivity contribution in [1.82, 2.24) is 0 Å². The lowest BCUT2D eigenvalue weighted by molar-refractivity contribution is 0.102. The number of aryl methyl sites for hydroxylation is 1. The zero-order valence-corrected chi connectivity index (χ0v) is 12.0. The van der Waals surface area contributed by atoms with Crippen LogP contribution in [0.15, 0.2) is 18.2 Å². The van der Waals surface area contributed by atoms with Gasteiger partial charge in [0.25, 0.3) is 0 Å². The van der Waals surface area contributed by atoms with Crippen LogP contribution in [0.5, 0.6) is 11.5 Å². The Labute approximate surface area is 121 Å². The monoisotopic (exact) mass is 286 g/mol. The van der Waals surface area contributed by atoms with Gasteiger partial charge in [0.05, 0.1) is 4.88 Å². The molecule has 2 heterocycles. The van der Waals surface area contributed by atoms with E-state index in [1.807, 2.05) is 12.1 Å². The minimum Gasteiger partial charge on any atom is -0.486 e. The Balaban J connectivity index is 1.90. The number of carbonyl (C=O) groups excluding carboxylic acids is 1. The molecule has 0 radical (unpaired) electrons. The van der Waals surface area contributed by atoms with E-state index in [1.165, 1.54) is 21.6 Å². The summed E-state index contributed by atoms with van der Waals surface area (Å²) < 4.78 is 11.4. The second-order valence-electron chi connectivity index (χ2n) is 5.14. The highest BCUT2D eigenvalue weighted by atomic mass is 32.1. The van der Waals surface area contributed by atoms with E-state index >= 15 is 0 Å². The Kier molecular flexibility index (Phi) is 2.60. The van der Waals surface area contributed by atoms with Gasteiger partial charge in [0.1, 0.15) is 13.2 Å². The van der Waals surface area contributed by atoms with Crippen molar-refractivity contribution < 1.29 is 14.3 Å². The van der Waals surface area contributed by atoms with Crippen LogP contribution in [0.1, 0.15) is 27.7 Å². The Morgan fingerprint density at radius 3 is 2.90 bits per heavy atom. The largest absolute Gasteiger partial charge is 0.486 e. The first-order chi connectivity index (χ1) is 9.74. The van der Waals surface area contributed by atoms with Gasteiger partial charge >= 0.3 is 0 Å². The fraction of sp³-hybridized carbons (Fsp3) is 0.312. The highest BCUT2D eigenvalue weighted by Crippen LogP contribution is 2.46.